The third-order valence-corrected chi connectivity index (χ3v) is 4.99. The van der Waals surface area contributed by atoms with Crippen molar-refractivity contribution in [2.75, 3.05) is 40.9 Å². The summed E-state index contributed by atoms with van der Waals surface area (Å²) >= 11 is 0. The number of carbonyl (C=O) groups excluding carboxylic acids is 1. The Morgan fingerprint density at radius 3 is 2.96 bits per heavy atom. The van der Waals surface area contributed by atoms with Crippen molar-refractivity contribution in [2.24, 2.45) is 0 Å². The molecule has 3 rings (SSSR count). The standard InChI is InChI=1S/C16H26N8O2/c1-21(2)16(15-18-19-20-24(15)10-11-26-3)6-4-8-22(13-16)14(25)12-23-9-5-7-17-23/h5,7,9H,4,6,8,10-13H2,1-3H3. The van der Waals surface area contributed by atoms with E-state index in [0.29, 0.717) is 19.7 Å². The van der Waals surface area contributed by atoms with E-state index in [2.05, 4.69) is 25.5 Å². The maximum atomic E-state index is 12.8. The SMILES string of the molecule is COCCn1nnnc1C1(N(C)C)CCCN(C(=O)Cn2cccn2)C1. The van der Waals surface area contributed by atoms with Crippen LogP contribution in [0.25, 0.3) is 0 Å². The largest absolute Gasteiger partial charge is 0.383 e. The normalized spacial score (nSPS) is 20.7. The predicted octanol–water partition coefficient (Wildman–Crippen LogP) is -0.404. The van der Waals surface area contributed by atoms with E-state index in [1.807, 2.05) is 25.1 Å². The molecule has 1 amide bonds. The molecule has 1 unspecified atom stereocenters. The summed E-state index contributed by atoms with van der Waals surface area (Å²) in [6.07, 6.45) is 5.25. The number of likely N-dealkylation sites (tertiary alicyclic amines) is 1. The van der Waals surface area contributed by atoms with Crippen LogP contribution in [0.4, 0.5) is 0 Å². The number of aromatic nitrogens is 6. The fourth-order valence-corrected chi connectivity index (χ4v) is 3.50. The zero-order chi connectivity index (χ0) is 18.6. The van der Waals surface area contributed by atoms with Gasteiger partial charge in [-0.2, -0.15) is 5.10 Å². The minimum Gasteiger partial charge on any atom is -0.383 e. The molecule has 3 heterocycles. The molecule has 1 aliphatic heterocycles. The van der Waals surface area contributed by atoms with E-state index >= 15 is 0 Å². The molecule has 0 saturated carbocycles. The van der Waals surface area contributed by atoms with Crippen molar-refractivity contribution >= 4 is 5.91 Å². The maximum Gasteiger partial charge on any atom is 0.244 e. The van der Waals surface area contributed by atoms with Gasteiger partial charge in [0.2, 0.25) is 5.91 Å². The van der Waals surface area contributed by atoms with E-state index in [-0.39, 0.29) is 12.5 Å². The van der Waals surface area contributed by atoms with Crippen molar-refractivity contribution in [2.45, 2.75) is 31.5 Å². The molecule has 1 fully saturated rings. The van der Waals surface area contributed by atoms with Crippen LogP contribution >= 0.6 is 0 Å². The van der Waals surface area contributed by atoms with Crippen molar-refractivity contribution in [3.05, 3.63) is 24.3 Å². The Balaban J connectivity index is 1.82. The number of rotatable bonds is 7. The van der Waals surface area contributed by atoms with E-state index < -0.39 is 5.54 Å². The molecule has 2 aromatic rings. The third-order valence-electron chi connectivity index (χ3n) is 4.99. The van der Waals surface area contributed by atoms with Gasteiger partial charge in [-0.05, 0) is 43.4 Å². The Morgan fingerprint density at radius 1 is 1.42 bits per heavy atom. The molecule has 1 aliphatic rings. The quantitative estimate of drug-likeness (QED) is 0.661. The van der Waals surface area contributed by atoms with Gasteiger partial charge in [0.1, 0.15) is 12.1 Å². The molecule has 26 heavy (non-hydrogen) atoms. The zero-order valence-electron chi connectivity index (χ0n) is 15.6. The van der Waals surface area contributed by atoms with Gasteiger partial charge in [-0.3, -0.25) is 14.4 Å². The molecule has 0 aromatic carbocycles. The van der Waals surface area contributed by atoms with Crippen LogP contribution in [-0.4, -0.2) is 86.6 Å². The van der Waals surface area contributed by atoms with Gasteiger partial charge in [-0.15, -0.1) is 5.10 Å². The highest BCUT2D eigenvalue weighted by Gasteiger charge is 2.44. The van der Waals surface area contributed by atoms with Gasteiger partial charge in [-0.1, -0.05) is 0 Å². The lowest BCUT2D eigenvalue weighted by Gasteiger charge is -2.45. The molecule has 0 bridgehead atoms. The number of likely N-dealkylation sites (N-methyl/N-ethyl adjacent to an activating group) is 1. The van der Waals surface area contributed by atoms with E-state index in [0.717, 1.165) is 25.2 Å². The van der Waals surface area contributed by atoms with Crippen molar-refractivity contribution in [1.29, 1.82) is 0 Å². The topological polar surface area (TPSA) is 94.2 Å². The average Bonchev–Trinajstić information content (AvgIpc) is 3.31. The summed E-state index contributed by atoms with van der Waals surface area (Å²) in [7, 11) is 5.68. The summed E-state index contributed by atoms with van der Waals surface area (Å²) in [5.41, 5.74) is -0.421. The predicted molar refractivity (Wildman–Crippen MR) is 93.1 cm³/mol. The van der Waals surface area contributed by atoms with Crippen LogP contribution in [0.5, 0.6) is 0 Å². The lowest BCUT2D eigenvalue weighted by atomic mass is 9.86. The van der Waals surface area contributed by atoms with Gasteiger partial charge in [0.25, 0.3) is 0 Å². The number of ether oxygens (including phenoxy) is 1. The van der Waals surface area contributed by atoms with Crippen molar-refractivity contribution in [3.63, 3.8) is 0 Å². The zero-order valence-corrected chi connectivity index (χ0v) is 15.6. The number of hydrogen-bond acceptors (Lipinski definition) is 7. The smallest absolute Gasteiger partial charge is 0.244 e. The summed E-state index contributed by atoms with van der Waals surface area (Å²) in [5.74, 6) is 0.826. The highest BCUT2D eigenvalue weighted by Crippen LogP contribution is 2.34. The lowest BCUT2D eigenvalue weighted by molar-refractivity contribution is -0.136. The van der Waals surface area contributed by atoms with Gasteiger partial charge in [-0.25, -0.2) is 4.68 Å². The maximum absolute atomic E-state index is 12.8. The number of tetrazole rings is 1. The second kappa shape index (κ2) is 7.92. The number of nitrogens with zero attached hydrogens (tertiary/aromatic N) is 8. The molecule has 0 radical (unpaired) electrons. The van der Waals surface area contributed by atoms with Crippen LogP contribution < -0.4 is 0 Å². The van der Waals surface area contributed by atoms with E-state index in [1.165, 1.54) is 0 Å². The van der Waals surface area contributed by atoms with E-state index in [1.54, 1.807) is 28.9 Å². The number of methoxy groups -OCH3 is 1. The Kier molecular flexibility index (Phi) is 5.62. The second-order valence-electron chi connectivity index (χ2n) is 6.77. The monoisotopic (exact) mass is 362 g/mol. The summed E-state index contributed by atoms with van der Waals surface area (Å²) in [6.45, 7) is 2.63. The van der Waals surface area contributed by atoms with Gasteiger partial charge in [0.15, 0.2) is 5.82 Å². The fourth-order valence-electron chi connectivity index (χ4n) is 3.50. The van der Waals surface area contributed by atoms with Crippen molar-refractivity contribution < 1.29 is 9.53 Å². The molecule has 10 nitrogen and oxygen atoms in total. The Bertz CT molecular complexity index is 714. The molecular weight excluding hydrogens is 336 g/mol. The Labute approximate surface area is 152 Å². The summed E-state index contributed by atoms with van der Waals surface area (Å²) in [5, 5.41) is 16.4. The van der Waals surface area contributed by atoms with Crippen LogP contribution in [0.15, 0.2) is 18.5 Å². The first-order chi connectivity index (χ1) is 12.6. The van der Waals surface area contributed by atoms with Crippen molar-refractivity contribution in [1.82, 2.24) is 39.8 Å². The Morgan fingerprint density at radius 2 is 2.27 bits per heavy atom. The van der Waals surface area contributed by atoms with Gasteiger partial charge in [0.05, 0.1) is 13.2 Å². The molecule has 0 N–H and O–H groups in total. The average molecular weight is 362 g/mol. The first-order valence-electron chi connectivity index (χ1n) is 8.75. The minimum absolute atomic E-state index is 0.0514. The van der Waals surface area contributed by atoms with Crippen LogP contribution in [0.3, 0.4) is 0 Å². The molecule has 1 atom stereocenters. The van der Waals surface area contributed by atoms with Gasteiger partial charge < -0.3 is 9.64 Å². The molecule has 0 spiro atoms. The highest BCUT2D eigenvalue weighted by molar-refractivity contribution is 5.76. The Hall–Kier alpha value is -2.33. The van der Waals surface area contributed by atoms with Crippen LogP contribution in [0.1, 0.15) is 18.7 Å². The molecule has 2 aromatic heterocycles. The number of amides is 1. The second-order valence-corrected chi connectivity index (χ2v) is 6.77. The number of carbonyl (C=O) groups is 1. The molecule has 142 valence electrons. The fraction of sp³-hybridized carbons (Fsp3) is 0.688. The van der Waals surface area contributed by atoms with Crippen LogP contribution in [-0.2, 0) is 28.2 Å². The summed E-state index contributed by atoms with van der Waals surface area (Å²) < 4.78 is 8.60. The number of hydrogen-bond donors (Lipinski definition) is 0. The van der Waals surface area contributed by atoms with Gasteiger partial charge >= 0.3 is 0 Å². The molecular formula is C16H26N8O2. The number of piperidine rings is 1. The van der Waals surface area contributed by atoms with Crippen LogP contribution in [0, 0.1) is 0 Å². The lowest BCUT2D eigenvalue weighted by Crippen LogP contribution is -2.57. The summed E-state index contributed by atoms with van der Waals surface area (Å²) in [4.78, 5) is 16.8. The first-order valence-corrected chi connectivity index (χ1v) is 8.75. The molecule has 0 aliphatic carbocycles. The summed E-state index contributed by atoms with van der Waals surface area (Å²) in [6, 6.07) is 1.82. The van der Waals surface area contributed by atoms with E-state index in [4.69, 9.17) is 4.74 Å². The molecule has 1 saturated heterocycles. The first kappa shape index (κ1) is 18.5. The highest BCUT2D eigenvalue weighted by atomic mass is 16.5. The van der Waals surface area contributed by atoms with Gasteiger partial charge in [0, 0.05) is 32.6 Å². The minimum atomic E-state index is -0.421. The molecule has 10 heteroatoms. The van der Waals surface area contributed by atoms with Crippen molar-refractivity contribution in [3.8, 4) is 0 Å². The van der Waals surface area contributed by atoms with E-state index in [9.17, 15) is 4.79 Å². The van der Waals surface area contributed by atoms with Crippen LogP contribution in [0.2, 0.25) is 0 Å². The third kappa shape index (κ3) is 3.61.